The maximum absolute atomic E-state index is 13.1. The normalized spacial score (nSPS) is 19.2. The number of anilines is 2. The molecule has 0 fully saturated rings. The lowest BCUT2D eigenvalue weighted by molar-refractivity contribution is -0.139. The van der Waals surface area contributed by atoms with Gasteiger partial charge in [-0.25, -0.2) is 0 Å². The van der Waals surface area contributed by atoms with E-state index in [0.717, 1.165) is 5.69 Å². The van der Waals surface area contributed by atoms with Crippen molar-refractivity contribution in [3.05, 3.63) is 59.7 Å². The Morgan fingerprint density at radius 1 is 1.08 bits per heavy atom. The van der Waals surface area contributed by atoms with Crippen molar-refractivity contribution in [1.29, 1.82) is 0 Å². The van der Waals surface area contributed by atoms with E-state index in [1.54, 1.807) is 11.0 Å². The van der Waals surface area contributed by atoms with Gasteiger partial charge in [0.15, 0.2) is 0 Å². The highest BCUT2D eigenvalue weighted by atomic mass is 16.4. The molecule has 0 aliphatic carbocycles. The summed E-state index contributed by atoms with van der Waals surface area (Å²) in [6.45, 7) is 1.90. The smallest absolute Gasteiger partial charge is 0.311 e. The van der Waals surface area contributed by atoms with E-state index in [0.29, 0.717) is 23.2 Å². The van der Waals surface area contributed by atoms with E-state index in [4.69, 9.17) is 0 Å². The lowest BCUT2D eigenvalue weighted by Gasteiger charge is -2.38. The van der Waals surface area contributed by atoms with Crippen molar-refractivity contribution in [2.75, 3.05) is 23.9 Å². The minimum atomic E-state index is -0.846. The third kappa shape index (κ3) is 3.09. The van der Waals surface area contributed by atoms with E-state index in [1.807, 2.05) is 68.4 Å². The highest BCUT2D eigenvalue weighted by Crippen LogP contribution is 2.39. The molecule has 0 saturated heterocycles. The number of para-hydroxylation sites is 1. The number of carbonyl (C=O) groups is 2. The van der Waals surface area contributed by atoms with E-state index < -0.39 is 11.9 Å². The fraction of sp³-hybridized carbons (Fsp3) is 0.300. The molecule has 0 unspecified atom stereocenters. The first-order valence-electron chi connectivity index (χ1n) is 8.33. The zero-order valence-electron chi connectivity index (χ0n) is 14.6. The molecule has 2 atom stereocenters. The van der Waals surface area contributed by atoms with Gasteiger partial charge in [0.2, 0.25) is 0 Å². The average molecular weight is 338 g/mol. The first kappa shape index (κ1) is 17.0. The molecule has 3 rings (SSSR count). The third-order valence-corrected chi connectivity index (χ3v) is 4.74. The van der Waals surface area contributed by atoms with Gasteiger partial charge in [-0.1, -0.05) is 18.2 Å². The van der Waals surface area contributed by atoms with E-state index in [1.165, 1.54) is 0 Å². The molecule has 0 bridgehead atoms. The number of carboxylic acid groups (broad SMARTS) is 1. The Morgan fingerprint density at radius 3 is 2.32 bits per heavy atom. The number of carboxylic acids is 1. The number of amides is 1. The Morgan fingerprint density at radius 2 is 1.72 bits per heavy atom. The molecular formula is C20H22N2O3. The van der Waals surface area contributed by atoms with Crippen LogP contribution in [0.1, 0.15) is 35.2 Å². The number of hydrogen-bond donors (Lipinski definition) is 1. The summed E-state index contributed by atoms with van der Waals surface area (Å²) in [4.78, 5) is 28.4. The Kier molecular flexibility index (Phi) is 4.49. The van der Waals surface area contributed by atoms with Gasteiger partial charge in [0.25, 0.3) is 5.91 Å². The Hall–Kier alpha value is -2.82. The fourth-order valence-electron chi connectivity index (χ4n) is 3.40. The summed E-state index contributed by atoms with van der Waals surface area (Å²) in [7, 11) is 3.90. The predicted molar refractivity (Wildman–Crippen MR) is 98.5 cm³/mol. The van der Waals surface area contributed by atoms with E-state index >= 15 is 0 Å². The van der Waals surface area contributed by atoms with Crippen LogP contribution < -0.4 is 9.80 Å². The highest BCUT2D eigenvalue weighted by Gasteiger charge is 2.37. The molecule has 25 heavy (non-hydrogen) atoms. The number of carbonyl (C=O) groups excluding carboxylic acids is 1. The number of hydrogen-bond acceptors (Lipinski definition) is 3. The van der Waals surface area contributed by atoms with Gasteiger partial charge in [-0.05, 0) is 49.2 Å². The van der Waals surface area contributed by atoms with E-state index in [2.05, 4.69) is 0 Å². The third-order valence-electron chi connectivity index (χ3n) is 4.74. The predicted octanol–water partition coefficient (Wildman–Crippen LogP) is 3.36. The van der Waals surface area contributed by atoms with Crippen LogP contribution in [0.25, 0.3) is 0 Å². The van der Waals surface area contributed by atoms with Gasteiger partial charge in [-0.2, -0.15) is 0 Å². The van der Waals surface area contributed by atoms with Crippen LogP contribution in [-0.4, -0.2) is 37.1 Å². The van der Waals surface area contributed by atoms with Crippen LogP contribution in [0.2, 0.25) is 0 Å². The maximum atomic E-state index is 13.1. The summed E-state index contributed by atoms with van der Waals surface area (Å²) in [5.74, 6) is -1.53. The minimum Gasteiger partial charge on any atom is -0.481 e. The number of rotatable bonds is 3. The molecule has 0 aromatic heterocycles. The van der Waals surface area contributed by atoms with Crippen LogP contribution in [0.3, 0.4) is 0 Å². The lowest BCUT2D eigenvalue weighted by Crippen LogP contribution is -2.44. The van der Waals surface area contributed by atoms with E-state index in [9.17, 15) is 14.7 Å². The second-order valence-electron chi connectivity index (χ2n) is 6.65. The van der Waals surface area contributed by atoms with Crippen molar-refractivity contribution < 1.29 is 14.7 Å². The first-order chi connectivity index (χ1) is 11.9. The van der Waals surface area contributed by atoms with Crippen molar-refractivity contribution >= 4 is 23.3 Å². The molecule has 2 aromatic carbocycles. The van der Waals surface area contributed by atoms with Gasteiger partial charge < -0.3 is 14.9 Å². The van der Waals surface area contributed by atoms with Gasteiger partial charge in [-0.15, -0.1) is 0 Å². The standard InChI is InChI=1S/C20H22N2O3/c1-13-12-17(20(24)25)16-6-4-5-7-18(16)22(13)19(23)14-8-10-15(11-9-14)21(2)3/h4-11,13,17H,12H2,1-3H3,(H,24,25)/t13-,17-/m1/s1. The van der Waals surface area contributed by atoms with Crippen molar-refractivity contribution in [3.8, 4) is 0 Å². The number of aliphatic carboxylic acids is 1. The fourth-order valence-corrected chi connectivity index (χ4v) is 3.40. The molecule has 0 radical (unpaired) electrons. The molecule has 1 aliphatic heterocycles. The average Bonchev–Trinajstić information content (AvgIpc) is 2.60. The lowest BCUT2D eigenvalue weighted by atomic mass is 9.85. The van der Waals surface area contributed by atoms with Gasteiger partial charge in [0.1, 0.15) is 0 Å². The van der Waals surface area contributed by atoms with Crippen molar-refractivity contribution in [1.82, 2.24) is 0 Å². The van der Waals surface area contributed by atoms with Crippen molar-refractivity contribution in [2.45, 2.75) is 25.3 Å². The molecular weight excluding hydrogens is 316 g/mol. The quantitative estimate of drug-likeness (QED) is 0.932. The molecule has 1 N–H and O–H groups in total. The van der Waals surface area contributed by atoms with Gasteiger partial charge >= 0.3 is 5.97 Å². The second-order valence-corrected chi connectivity index (χ2v) is 6.65. The molecule has 0 saturated carbocycles. The molecule has 1 heterocycles. The molecule has 2 aromatic rings. The van der Waals surface area contributed by atoms with Crippen LogP contribution in [0.15, 0.2) is 48.5 Å². The molecule has 5 heteroatoms. The highest BCUT2D eigenvalue weighted by molar-refractivity contribution is 6.08. The Bertz CT molecular complexity index is 799. The summed E-state index contributed by atoms with van der Waals surface area (Å²) < 4.78 is 0. The summed E-state index contributed by atoms with van der Waals surface area (Å²) in [6.07, 6.45) is 0.411. The molecule has 130 valence electrons. The number of benzene rings is 2. The van der Waals surface area contributed by atoms with Crippen LogP contribution >= 0.6 is 0 Å². The summed E-state index contributed by atoms with van der Waals surface area (Å²) in [6, 6.07) is 14.6. The SMILES string of the molecule is C[C@@H]1C[C@@H](C(=O)O)c2ccccc2N1C(=O)c1ccc(N(C)C)cc1. The van der Waals surface area contributed by atoms with Crippen LogP contribution in [0.5, 0.6) is 0 Å². The van der Waals surface area contributed by atoms with Gasteiger partial charge in [0, 0.05) is 37.1 Å². The molecule has 1 amide bonds. The van der Waals surface area contributed by atoms with Gasteiger partial charge in [0.05, 0.1) is 5.92 Å². The summed E-state index contributed by atoms with van der Waals surface area (Å²) in [5.41, 5.74) is 3.01. The van der Waals surface area contributed by atoms with E-state index in [-0.39, 0.29) is 11.9 Å². The second kappa shape index (κ2) is 6.59. The van der Waals surface area contributed by atoms with Crippen LogP contribution in [0.4, 0.5) is 11.4 Å². The maximum Gasteiger partial charge on any atom is 0.311 e. The zero-order valence-corrected chi connectivity index (χ0v) is 14.6. The first-order valence-corrected chi connectivity index (χ1v) is 8.33. The minimum absolute atomic E-state index is 0.103. The summed E-state index contributed by atoms with van der Waals surface area (Å²) >= 11 is 0. The largest absolute Gasteiger partial charge is 0.481 e. The molecule has 1 aliphatic rings. The van der Waals surface area contributed by atoms with Gasteiger partial charge in [-0.3, -0.25) is 9.59 Å². The topological polar surface area (TPSA) is 60.9 Å². The zero-order chi connectivity index (χ0) is 18.1. The van der Waals surface area contributed by atoms with Crippen LogP contribution in [-0.2, 0) is 4.79 Å². The molecule has 0 spiro atoms. The molecule has 5 nitrogen and oxygen atoms in total. The monoisotopic (exact) mass is 338 g/mol. The number of nitrogens with zero attached hydrogens (tertiary/aromatic N) is 2. The Labute approximate surface area is 147 Å². The summed E-state index contributed by atoms with van der Waals surface area (Å²) in [5, 5.41) is 9.52. The van der Waals surface area contributed by atoms with Crippen molar-refractivity contribution in [3.63, 3.8) is 0 Å². The Balaban J connectivity index is 1.99. The number of fused-ring (bicyclic) bond motifs is 1. The van der Waals surface area contributed by atoms with Crippen LogP contribution in [0, 0.1) is 0 Å². The van der Waals surface area contributed by atoms with Crippen molar-refractivity contribution in [2.24, 2.45) is 0 Å².